The number of para-hydroxylation sites is 1. The molecule has 0 aliphatic heterocycles. The molecule has 0 fully saturated rings. The van der Waals surface area contributed by atoms with Crippen LogP contribution in [0, 0.1) is 11.8 Å². The molecule has 0 radical (unpaired) electrons. The van der Waals surface area contributed by atoms with Crippen LogP contribution >= 0.6 is 0 Å². The first kappa shape index (κ1) is 17.8. The van der Waals surface area contributed by atoms with E-state index in [4.69, 9.17) is 4.74 Å². The lowest BCUT2D eigenvalue weighted by Crippen LogP contribution is -2.23. The Morgan fingerprint density at radius 2 is 1.75 bits per heavy atom. The number of benzene rings is 2. The number of sulfonamides is 1. The van der Waals surface area contributed by atoms with Crippen molar-refractivity contribution >= 4 is 10.0 Å². The second-order valence-corrected chi connectivity index (χ2v) is 6.65. The molecule has 0 atom stereocenters. The van der Waals surface area contributed by atoms with Gasteiger partial charge in [-0.2, -0.15) is 4.72 Å². The van der Waals surface area contributed by atoms with Gasteiger partial charge in [0.2, 0.25) is 10.0 Å². The fourth-order valence-corrected chi connectivity index (χ4v) is 2.95. The molecule has 2 aromatic rings. The van der Waals surface area contributed by atoms with Crippen molar-refractivity contribution in [1.82, 2.24) is 4.72 Å². The summed E-state index contributed by atoms with van der Waals surface area (Å²) in [7, 11) is -3.52. The highest BCUT2D eigenvalue weighted by molar-refractivity contribution is 7.89. The first-order chi connectivity index (χ1) is 11.6. The molecular formula is C19H19NO3S. The zero-order valence-corrected chi connectivity index (χ0v) is 14.1. The SMILES string of the molecule is C=CCc1ccccc1OCC#CCNS(=O)(=O)c1ccccc1. The van der Waals surface area contributed by atoms with Gasteiger partial charge in [0.15, 0.2) is 0 Å². The van der Waals surface area contributed by atoms with Gasteiger partial charge in [0, 0.05) is 0 Å². The van der Waals surface area contributed by atoms with E-state index < -0.39 is 10.0 Å². The molecule has 0 amide bonds. The third kappa shape index (κ3) is 5.27. The standard InChI is InChI=1S/C19H19NO3S/c1-2-10-17-11-6-7-14-19(17)23-16-9-8-15-20-24(21,22)18-12-4-3-5-13-18/h2-7,11-14,20H,1,10,15-16H2. The van der Waals surface area contributed by atoms with Gasteiger partial charge in [-0.3, -0.25) is 0 Å². The number of hydrogen-bond acceptors (Lipinski definition) is 3. The molecule has 0 heterocycles. The monoisotopic (exact) mass is 341 g/mol. The van der Waals surface area contributed by atoms with E-state index in [0.29, 0.717) is 0 Å². The van der Waals surface area contributed by atoms with E-state index in [9.17, 15) is 8.42 Å². The Kier molecular flexibility index (Phi) is 6.62. The highest BCUT2D eigenvalue weighted by Crippen LogP contribution is 2.18. The Morgan fingerprint density at radius 1 is 1.04 bits per heavy atom. The summed E-state index contributed by atoms with van der Waals surface area (Å²) in [4.78, 5) is 0.224. The predicted octanol–water partition coefficient (Wildman–Crippen LogP) is 2.78. The van der Waals surface area contributed by atoms with E-state index >= 15 is 0 Å². The van der Waals surface area contributed by atoms with Gasteiger partial charge in [-0.15, -0.1) is 6.58 Å². The minimum atomic E-state index is -3.52. The predicted molar refractivity (Wildman–Crippen MR) is 95.2 cm³/mol. The molecular weight excluding hydrogens is 322 g/mol. The highest BCUT2D eigenvalue weighted by atomic mass is 32.2. The molecule has 2 aromatic carbocycles. The number of ether oxygens (including phenoxy) is 1. The maximum Gasteiger partial charge on any atom is 0.241 e. The Labute approximate surface area is 143 Å². The van der Waals surface area contributed by atoms with Gasteiger partial charge < -0.3 is 4.74 Å². The van der Waals surface area contributed by atoms with Gasteiger partial charge in [0.1, 0.15) is 12.4 Å². The molecule has 2 rings (SSSR count). The van der Waals surface area contributed by atoms with E-state index in [0.717, 1.165) is 17.7 Å². The van der Waals surface area contributed by atoms with Crippen LogP contribution in [0.3, 0.4) is 0 Å². The van der Waals surface area contributed by atoms with Crippen molar-refractivity contribution in [2.24, 2.45) is 0 Å². The highest BCUT2D eigenvalue weighted by Gasteiger charge is 2.10. The molecule has 4 nitrogen and oxygen atoms in total. The second kappa shape index (κ2) is 8.92. The van der Waals surface area contributed by atoms with E-state index in [1.54, 1.807) is 18.2 Å². The summed E-state index contributed by atoms with van der Waals surface area (Å²) in [6.07, 6.45) is 2.53. The first-order valence-corrected chi connectivity index (χ1v) is 8.94. The number of allylic oxidation sites excluding steroid dienone is 1. The molecule has 0 saturated heterocycles. The second-order valence-electron chi connectivity index (χ2n) is 4.88. The fourth-order valence-electron chi connectivity index (χ4n) is 2.01. The van der Waals surface area contributed by atoms with E-state index in [1.807, 2.05) is 30.3 Å². The summed E-state index contributed by atoms with van der Waals surface area (Å²) in [6.45, 7) is 3.95. The van der Waals surface area contributed by atoms with E-state index in [1.165, 1.54) is 12.1 Å². The number of nitrogens with one attached hydrogen (secondary N) is 1. The molecule has 0 spiro atoms. The van der Waals surface area contributed by atoms with Crippen LogP contribution < -0.4 is 9.46 Å². The summed E-state index contributed by atoms with van der Waals surface area (Å²) in [6, 6.07) is 15.9. The molecule has 0 bridgehead atoms. The van der Waals surface area contributed by atoms with E-state index in [2.05, 4.69) is 23.1 Å². The Bertz CT molecular complexity index is 834. The minimum Gasteiger partial charge on any atom is -0.481 e. The summed E-state index contributed by atoms with van der Waals surface area (Å²) < 4.78 is 32.0. The molecule has 24 heavy (non-hydrogen) atoms. The molecule has 124 valence electrons. The van der Waals surface area contributed by atoms with Crippen LogP contribution in [0.2, 0.25) is 0 Å². The molecule has 0 aliphatic carbocycles. The lowest BCUT2D eigenvalue weighted by molar-refractivity contribution is 0.366. The van der Waals surface area contributed by atoms with Crippen LogP contribution in [-0.2, 0) is 16.4 Å². The van der Waals surface area contributed by atoms with Crippen LogP contribution in [0.25, 0.3) is 0 Å². The first-order valence-electron chi connectivity index (χ1n) is 7.45. The fraction of sp³-hybridized carbons (Fsp3) is 0.158. The average molecular weight is 341 g/mol. The van der Waals surface area contributed by atoms with Crippen molar-refractivity contribution in [1.29, 1.82) is 0 Å². The Morgan fingerprint density at radius 3 is 2.50 bits per heavy atom. The van der Waals surface area contributed by atoms with Gasteiger partial charge in [0.25, 0.3) is 0 Å². The van der Waals surface area contributed by atoms with Crippen LogP contribution in [0.4, 0.5) is 0 Å². The van der Waals surface area contributed by atoms with Crippen molar-refractivity contribution < 1.29 is 13.2 Å². The summed E-state index contributed by atoms with van der Waals surface area (Å²) in [5.41, 5.74) is 1.04. The summed E-state index contributed by atoms with van der Waals surface area (Å²) in [5, 5.41) is 0. The van der Waals surface area contributed by atoms with Gasteiger partial charge in [-0.1, -0.05) is 54.3 Å². The van der Waals surface area contributed by atoms with Gasteiger partial charge in [-0.25, -0.2) is 8.42 Å². The van der Waals surface area contributed by atoms with Crippen LogP contribution in [0.5, 0.6) is 5.75 Å². The van der Waals surface area contributed by atoms with Crippen molar-refractivity contribution in [3.8, 4) is 17.6 Å². The average Bonchev–Trinajstić information content (AvgIpc) is 2.60. The third-order valence-corrected chi connectivity index (χ3v) is 4.58. The quantitative estimate of drug-likeness (QED) is 0.622. The normalized spacial score (nSPS) is 10.5. The minimum absolute atomic E-state index is 0.0366. The molecule has 1 N–H and O–H groups in total. The van der Waals surface area contributed by atoms with Crippen molar-refractivity contribution in [2.75, 3.05) is 13.2 Å². The summed E-state index contributed by atoms with van der Waals surface area (Å²) in [5.74, 6) is 6.31. The Hall–Kier alpha value is -2.55. The lowest BCUT2D eigenvalue weighted by Gasteiger charge is -2.07. The number of rotatable bonds is 7. The topological polar surface area (TPSA) is 55.4 Å². The number of hydrogen-bond donors (Lipinski definition) is 1. The maximum atomic E-state index is 12.0. The van der Waals surface area contributed by atoms with Gasteiger partial charge in [-0.05, 0) is 30.2 Å². The molecule has 0 unspecified atom stereocenters. The Balaban J connectivity index is 1.84. The van der Waals surface area contributed by atoms with Crippen molar-refractivity contribution in [3.63, 3.8) is 0 Å². The molecule has 0 aliphatic rings. The van der Waals surface area contributed by atoms with Crippen molar-refractivity contribution in [2.45, 2.75) is 11.3 Å². The van der Waals surface area contributed by atoms with Crippen molar-refractivity contribution in [3.05, 3.63) is 72.8 Å². The zero-order chi connectivity index (χ0) is 17.3. The molecule has 0 saturated carbocycles. The van der Waals surface area contributed by atoms with Crippen LogP contribution in [0.1, 0.15) is 5.56 Å². The van der Waals surface area contributed by atoms with Gasteiger partial charge in [0.05, 0.1) is 11.4 Å². The lowest BCUT2D eigenvalue weighted by atomic mass is 10.1. The molecule has 5 heteroatoms. The third-order valence-electron chi connectivity index (χ3n) is 3.17. The summed E-state index contributed by atoms with van der Waals surface area (Å²) >= 11 is 0. The zero-order valence-electron chi connectivity index (χ0n) is 13.2. The smallest absolute Gasteiger partial charge is 0.241 e. The van der Waals surface area contributed by atoms with E-state index in [-0.39, 0.29) is 18.0 Å². The molecule has 0 aromatic heterocycles. The van der Waals surface area contributed by atoms with Gasteiger partial charge >= 0.3 is 0 Å². The van der Waals surface area contributed by atoms with Crippen LogP contribution in [0.15, 0.2) is 72.1 Å². The van der Waals surface area contributed by atoms with Crippen LogP contribution in [-0.4, -0.2) is 21.6 Å². The largest absolute Gasteiger partial charge is 0.481 e. The maximum absolute atomic E-state index is 12.0.